The molecule has 4 nitrogen and oxygen atoms in total. The molecule has 2 heterocycles. The standard InChI is InChI=1S/C22H20N4S/c1-25(2)17-10-8-16(9-11-17)22-24-20(15-27-22)19-14-26(13-5-12-23)21-7-4-3-6-18(19)21/h3-4,6-11,14-15H,5,13H2,1-2H3. The predicted octanol–water partition coefficient (Wildman–Crippen LogP) is 5.41. The number of hydrogen-bond acceptors (Lipinski definition) is 4. The van der Waals surface area contributed by atoms with Gasteiger partial charge in [0.15, 0.2) is 0 Å². The molecule has 0 saturated heterocycles. The first-order valence-electron chi connectivity index (χ1n) is 8.86. The second-order valence-electron chi connectivity index (χ2n) is 6.64. The zero-order valence-corrected chi connectivity index (χ0v) is 16.2. The van der Waals surface area contributed by atoms with E-state index in [0.717, 1.165) is 27.3 Å². The van der Waals surface area contributed by atoms with Crippen molar-refractivity contribution in [2.75, 3.05) is 19.0 Å². The van der Waals surface area contributed by atoms with Crippen LogP contribution in [0.5, 0.6) is 0 Å². The Labute approximate surface area is 162 Å². The molecule has 134 valence electrons. The van der Waals surface area contributed by atoms with Gasteiger partial charge in [0.05, 0.1) is 18.2 Å². The van der Waals surface area contributed by atoms with Crippen molar-refractivity contribution in [3.63, 3.8) is 0 Å². The third-order valence-electron chi connectivity index (χ3n) is 4.66. The second kappa shape index (κ2) is 7.26. The van der Waals surface area contributed by atoms with Crippen LogP contribution in [0, 0.1) is 11.3 Å². The molecule has 27 heavy (non-hydrogen) atoms. The van der Waals surface area contributed by atoms with E-state index in [-0.39, 0.29) is 0 Å². The van der Waals surface area contributed by atoms with Crippen LogP contribution >= 0.6 is 11.3 Å². The van der Waals surface area contributed by atoms with Crippen molar-refractivity contribution < 1.29 is 0 Å². The fourth-order valence-electron chi connectivity index (χ4n) is 3.24. The van der Waals surface area contributed by atoms with Crippen molar-refractivity contribution in [3.8, 4) is 27.9 Å². The number of nitriles is 1. The second-order valence-corrected chi connectivity index (χ2v) is 7.50. The molecule has 0 aliphatic heterocycles. The molecule has 0 N–H and O–H groups in total. The highest BCUT2D eigenvalue weighted by atomic mass is 32.1. The molecule has 2 aromatic carbocycles. The summed E-state index contributed by atoms with van der Waals surface area (Å²) in [4.78, 5) is 6.99. The van der Waals surface area contributed by atoms with Crippen LogP contribution in [-0.2, 0) is 6.54 Å². The maximum Gasteiger partial charge on any atom is 0.124 e. The zero-order chi connectivity index (χ0) is 18.8. The van der Waals surface area contributed by atoms with E-state index in [9.17, 15) is 0 Å². The van der Waals surface area contributed by atoms with Gasteiger partial charge in [-0.05, 0) is 30.3 Å². The third-order valence-corrected chi connectivity index (χ3v) is 5.56. The van der Waals surface area contributed by atoms with Gasteiger partial charge in [0.1, 0.15) is 5.01 Å². The van der Waals surface area contributed by atoms with Crippen molar-refractivity contribution in [1.29, 1.82) is 5.26 Å². The summed E-state index contributed by atoms with van der Waals surface area (Å²) in [6, 6.07) is 19.0. The summed E-state index contributed by atoms with van der Waals surface area (Å²) in [6.45, 7) is 0.694. The molecule has 0 aliphatic carbocycles. The molecule has 0 radical (unpaired) electrons. The molecule has 0 saturated carbocycles. The Bertz CT molecular complexity index is 1110. The number of rotatable bonds is 5. The zero-order valence-electron chi connectivity index (χ0n) is 15.4. The van der Waals surface area contributed by atoms with Crippen LogP contribution in [0.15, 0.2) is 60.1 Å². The van der Waals surface area contributed by atoms with Gasteiger partial charge in [0.2, 0.25) is 0 Å². The average Bonchev–Trinajstić information content (AvgIpc) is 3.31. The molecular formula is C22H20N4S. The summed E-state index contributed by atoms with van der Waals surface area (Å²) in [5.74, 6) is 0. The predicted molar refractivity (Wildman–Crippen MR) is 113 cm³/mol. The van der Waals surface area contributed by atoms with Gasteiger partial charge in [-0.25, -0.2) is 4.98 Å². The van der Waals surface area contributed by atoms with E-state index in [1.165, 1.54) is 11.1 Å². The van der Waals surface area contributed by atoms with E-state index in [1.807, 2.05) is 26.2 Å². The largest absolute Gasteiger partial charge is 0.378 e. The Morgan fingerprint density at radius 2 is 1.89 bits per heavy atom. The number of anilines is 1. The first-order chi connectivity index (χ1) is 13.2. The SMILES string of the molecule is CN(C)c1ccc(-c2nc(-c3cn(CCC#N)c4ccccc34)cs2)cc1. The van der Waals surface area contributed by atoms with E-state index in [4.69, 9.17) is 10.2 Å². The first kappa shape index (κ1) is 17.3. The number of thiazole rings is 1. The van der Waals surface area contributed by atoms with Crippen LogP contribution < -0.4 is 4.90 Å². The fraction of sp³-hybridized carbons (Fsp3) is 0.182. The molecule has 0 atom stereocenters. The molecule has 0 spiro atoms. The summed E-state index contributed by atoms with van der Waals surface area (Å²) in [6.07, 6.45) is 2.62. The molecule has 2 aromatic heterocycles. The van der Waals surface area contributed by atoms with Crippen molar-refractivity contribution in [3.05, 3.63) is 60.1 Å². The van der Waals surface area contributed by atoms with Gasteiger partial charge in [-0.1, -0.05) is 18.2 Å². The van der Waals surface area contributed by atoms with E-state index in [0.29, 0.717) is 13.0 Å². The van der Waals surface area contributed by atoms with Crippen molar-refractivity contribution in [1.82, 2.24) is 9.55 Å². The van der Waals surface area contributed by atoms with Crippen LogP contribution in [0.25, 0.3) is 32.7 Å². The van der Waals surface area contributed by atoms with Gasteiger partial charge in [-0.2, -0.15) is 5.26 Å². The number of benzene rings is 2. The molecule has 0 unspecified atom stereocenters. The maximum atomic E-state index is 8.93. The molecule has 0 amide bonds. The number of aryl methyl sites for hydroxylation is 1. The minimum Gasteiger partial charge on any atom is -0.378 e. The van der Waals surface area contributed by atoms with Gasteiger partial charge >= 0.3 is 0 Å². The summed E-state index contributed by atoms with van der Waals surface area (Å²) in [7, 11) is 4.08. The number of fused-ring (bicyclic) bond motifs is 1. The molecule has 4 aromatic rings. The van der Waals surface area contributed by atoms with Gasteiger partial charge < -0.3 is 9.47 Å². The van der Waals surface area contributed by atoms with Crippen molar-refractivity contribution in [2.24, 2.45) is 0 Å². The van der Waals surface area contributed by atoms with Crippen LogP contribution in [0.1, 0.15) is 6.42 Å². The van der Waals surface area contributed by atoms with E-state index < -0.39 is 0 Å². The van der Waals surface area contributed by atoms with Crippen LogP contribution in [0.4, 0.5) is 5.69 Å². The molecule has 0 bridgehead atoms. The van der Waals surface area contributed by atoms with Gasteiger partial charge in [0, 0.05) is 59.9 Å². The number of aromatic nitrogens is 2. The third kappa shape index (κ3) is 3.32. The lowest BCUT2D eigenvalue weighted by molar-refractivity contribution is 0.745. The quantitative estimate of drug-likeness (QED) is 0.470. The van der Waals surface area contributed by atoms with E-state index in [2.05, 4.69) is 63.5 Å². The maximum absolute atomic E-state index is 8.93. The molecular weight excluding hydrogens is 352 g/mol. The minimum absolute atomic E-state index is 0.499. The minimum atomic E-state index is 0.499. The number of hydrogen-bond donors (Lipinski definition) is 0. The Kier molecular flexibility index (Phi) is 4.66. The van der Waals surface area contributed by atoms with Gasteiger partial charge in [-0.15, -0.1) is 11.3 Å². The van der Waals surface area contributed by atoms with Gasteiger partial charge in [0.25, 0.3) is 0 Å². The molecule has 5 heteroatoms. The van der Waals surface area contributed by atoms with Crippen LogP contribution in [0.3, 0.4) is 0 Å². The Hall–Kier alpha value is -3.10. The average molecular weight is 372 g/mol. The Morgan fingerprint density at radius 1 is 1.11 bits per heavy atom. The summed E-state index contributed by atoms with van der Waals surface area (Å²) >= 11 is 1.66. The highest BCUT2D eigenvalue weighted by Gasteiger charge is 2.13. The highest BCUT2D eigenvalue weighted by molar-refractivity contribution is 7.13. The topological polar surface area (TPSA) is 44.9 Å². The summed E-state index contributed by atoms with van der Waals surface area (Å²) < 4.78 is 2.15. The van der Waals surface area contributed by atoms with Gasteiger partial charge in [-0.3, -0.25) is 0 Å². The molecule has 0 aliphatic rings. The Morgan fingerprint density at radius 3 is 2.63 bits per heavy atom. The molecule has 4 rings (SSSR count). The number of para-hydroxylation sites is 1. The van der Waals surface area contributed by atoms with Crippen LogP contribution in [-0.4, -0.2) is 23.6 Å². The van der Waals surface area contributed by atoms with Crippen LogP contribution in [0.2, 0.25) is 0 Å². The lowest BCUT2D eigenvalue weighted by Crippen LogP contribution is -2.07. The summed E-state index contributed by atoms with van der Waals surface area (Å²) in [5, 5.41) is 13.2. The monoisotopic (exact) mass is 372 g/mol. The van der Waals surface area contributed by atoms with E-state index in [1.54, 1.807) is 11.3 Å². The smallest absolute Gasteiger partial charge is 0.124 e. The lowest BCUT2D eigenvalue weighted by Gasteiger charge is -2.11. The summed E-state index contributed by atoms with van der Waals surface area (Å²) in [5.41, 5.74) is 5.56. The Balaban J connectivity index is 1.72. The fourth-order valence-corrected chi connectivity index (χ4v) is 4.06. The lowest BCUT2D eigenvalue weighted by atomic mass is 10.1. The molecule has 0 fully saturated rings. The first-order valence-corrected chi connectivity index (χ1v) is 9.74. The van der Waals surface area contributed by atoms with Crippen molar-refractivity contribution in [2.45, 2.75) is 13.0 Å². The normalized spacial score (nSPS) is 10.9. The van der Waals surface area contributed by atoms with E-state index >= 15 is 0 Å². The number of nitrogens with zero attached hydrogens (tertiary/aromatic N) is 4. The van der Waals surface area contributed by atoms with Crippen molar-refractivity contribution >= 4 is 27.9 Å². The highest BCUT2D eigenvalue weighted by Crippen LogP contribution is 2.34.